The van der Waals surface area contributed by atoms with Crippen LogP contribution in [0.25, 0.3) is 0 Å². The summed E-state index contributed by atoms with van der Waals surface area (Å²) in [5.41, 5.74) is 0. The average molecular weight is 764 g/mol. The number of esters is 1. The number of carbonyl (C=O) groups is 3. The molecule has 0 atom stereocenters. The van der Waals surface area contributed by atoms with Gasteiger partial charge in [-0.2, -0.15) is 50.5 Å². The molecule has 0 bridgehead atoms. The van der Waals surface area contributed by atoms with E-state index >= 15 is 0 Å². The summed E-state index contributed by atoms with van der Waals surface area (Å²) in [4.78, 5) is 29.3. The third-order valence-electron chi connectivity index (χ3n) is 5.55. The number of aliphatic carboxylic acids is 2. The Morgan fingerprint density at radius 2 is 1.02 bits per heavy atom. The van der Waals surface area contributed by atoms with Crippen LogP contribution >= 0.6 is 50.5 Å². The van der Waals surface area contributed by atoms with E-state index in [1.54, 1.807) is 21.7 Å². The van der Waals surface area contributed by atoms with E-state index in [-0.39, 0.29) is 38.6 Å². The van der Waals surface area contributed by atoms with Crippen molar-refractivity contribution >= 4 is 89.6 Å². The predicted molar refractivity (Wildman–Crippen MR) is 186 cm³/mol. The maximum Gasteiger partial charge on any atom is 0.0510 e. The first-order chi connectivity index (χ1) is 19.5. The van der Waals surface area contributed by atoms with Crippen molar-refractivity contribution < 1.29 is 29.3 Å². The van der Waals surface area contributed by atoms with E-state index in [0.717, 1.165) is 18.8 Å². The molecule has 0 aliphatic carbocycles. The van der Waals surface area contributed by atoms with Gasteiger partial charge in [0.25, 0.3) is 0 Å². The van der Waals surface area contributed by atoms with Gasteiger partial charge in [-0.05, 0) is 12.3 Å². The molecule has 6 nitrogen and oxygen atoms in total. The van der Waals surface area contributed by atoms with Gasteiger partial charge in [0, 0.05) is 11.5 Å². The first kappa shape index (κ1) is 48.5. The molecule has 0 N–H and O–H groups in total. The van der Waals surface area contributed by atoms with Crippen LogP contribution in [0.4, 0.5) is 0 Å². The summed E-state index contributed by atoms with van der Waals surface area (Å²) in [6.07, 6.45) is 22.3. The van der Waals surface area contributed by atoms with Crippen LogP contribution in [-0.2, 0) is 19.1 Å². The molecule has 0 unspecified atom stereocenters. The van der Waals surface area contributed by atoms with E-state index in [1.165, 1.54) is 77.0 Å². The Bertz CT molecular complexity index is 527. The maximum absolute atomic E-state index is 10.9. The third kappa shape index (κ3) is 60.6. The SMILES string of the molecule is CC(C)CCCCCOC(=O)C(S)S.CCCCCCC[CH2][Sn+2][CH2]CCCCCCC.O=C([O-])CS.O=C([O-])CS. The molecule has 0 aromatic heterocycles. The standard InChI is InChI=1S/C10H20O2S2.2C8H17.2C2H4O2S.Sn/c1-8(2)6-4-3-5-7-12-9(11)10(13)14;2*1-3-5-7-8-6-4-2;2*3-2(4)1-5;/h8,10,13-14H,3-7H2,1-2H3;2*1,3-8H2,2H3;2*5H,1H2,(H,3,4);/q;;;;;+2/p-2. The Morgan fingerprint density at radius 1 is 0.659 bits per heavy atom. The second-order valence-electron chi connectivity index (χ2n) is 10.1. The molecule has 0 saturated heterocycles. The van der Waals surface area contributed by atoms with Crippen LogP contribution in [0.5, 0.6) is 0 Å². The minimum atomic E-state index is -1.13. The van der Waals surface area contributed by atoms with Gasteiger partial charge in [-0.1, -0.05) is 33.1 Å². The van der Waals surface area contributed by atoms with E-state index in [9.17, 15) is 24.6 Å². The van der Waals surface area contributed by atoms with Crippen molar-refractivity contribution in [1.29, 1.82) is 0 Å². The van der Waals surface area contributed by atoms with Gasteiger partial charge >= 0.3 is 127 Å². The molecular weight excluding hydrogens is 703 g/mol. The number of carboxylic acids is 2. The van der Waals surface area contributed by atoms with E-state index < -0.39 is 16.5 Å². The number of unbranched alkanes of at least 4 members (excludes halogenated alkanes) is 12. The van der Waals surface area contributed by atoms with Crippen LogP contribution in [0.1, 0.15) is 130 Å². The number of hydrogen-bond acceptors (Lipinski definition) is 10. The Kier molecular flexibility index (Phi) is 50.6. The van der Waals surface area contributed by atoms with E-state index in [4.69, 9.17) is 4.74 Å². The summed E-state index contributed by atoms with van der Waals surface area (Å²) in [5.74, 6) is -2.24. The van der Waals surface area contributed by atoms with Crippen molar-refractivity contribution in [1.82, 2.24) is 0 Å². The minimum Gasteiger partial charge on any atom is -0.549 e. The molecule has 0 aromatic rings. The normalized spacial score (nSPS) is 9.90. The van der Waals surface area contributed by atoms with Crippen molar-refractivity contribution in [3.05, 3.63) is 0 Å². The van der Waals surface area contributed by atoms with Crippen molar-refractivity contribution in [2.45, 2.75) is 144 Å². The predicted octanol–water partition coefficient (Wildman–Crippen LogP) is 6.51. The van der Waals surface area contributed by atoms with Gasteiger partial charge in [0.1, 0.15) is 4.58 Å². The zero-order chi connectivity index (χ0) is 32.2. The van der Waals surface area contributed by atoms with Crippen LogP contribution in [-0.4, -0.2) is 61.7 Å². The van der Waals surface area contributed by atoms with E-state index in [1.807, 2.05) is 0 Å². The average Bonchev–Trinajstić information content (AvgIpc) is 2.93. The van der Waals surface area contributed by atoms with Crippen LogP contribution in [0, 0.1) is 5.92 Å². The Balaban J connectivity index is -0.000000254. The summed E-state index contributed by atoms with van der Waals surface area (Å²) in [6.45, 7) is 9.53. The van der Waals surface area contributed by atoms with Gasteiger partial charge in [-0.15, -0.1) is 0 Å². The second kappa shape index (κ2) is 42.7. The number of rotatable bonds is 23. The van der Waals surface area contributed by atoms with Crippen molar-refractivity contribution in [3.8, 4) is 0 Å². The molecule has 0 aliphatic rings. The van der Waals surface area contributed by atoms with Crippen molar-refractivity contribution in [2.75, 3.05) is 18.1 Å². The molecule has 0 spiro atoms. The largest absolute Gasteiger partial charge is 0.549 e. The molecule has 0 rings (SSSR count). The van der Waals surface area contributed by atoms with Gasteiger partial charge in [0.15, 0.2) is 0 Å². The van der Waals surface area contributed by atoms with Crippen molar-refractivity contribution in [2.24, 2.45) is 5.92 Å². The Hall–Kier alpha value is 0.609. The third-order valence-corrected chi connectivity index (χ3v) is 10.5. The number of ether oxygens (including phenoxy) is 1. The van der Waals surface area contributed by atoms with Gasteiger partial charge < -0.3 is 24.5 Å². The number of carboxylic acid groups (broad SMARTS) is 2. The van der Waals surface area contributed by atoms with Crippen LogP contribution in [0.3, 0.4) is 0 Å². The topological polar surface area (TPSA) is 107 Å². The minimum absolute atomic E-state index is 0.0736. The fourth-order valence-corrected chi connectivity index (χ4v) is 6.98. The molecule has 11 heteroatoms. The van der Waals surface area contributed by atoms with Gasteiger partial charge in [-0.3, -0.25) is 0 Å². The zero-order valence-electron chi connectivity index (χ0n) is 26.2. The zero-order valence-corrected chi connectivity index (χ0v) is 32.7. The fourth-order valence-electron chi connectivity index (χ4n) is 3.26. The van der Waals surface area contributed by atoms with Crippen LogP contribution in [0.15, 0.2) is 0 Å². The molecule has 0 fully saturated rings. The van der Waals surface area contributed by atoms with Crippen molar-refractivity contribution in [3.63, 3.8) is 0 Å². The number of thiol groups is 4. The first-order valence-electron chi connectivity index (χ1n) is 15.3. The fraction of sp³-hybridized carbons (Fsp3) is 0.900. The van der Waals surface area contributed by atoms with Crippen LogP contribution in [0.2, 0.25) is 8.87 Å². The second-order valence-corrected chi connectivity index (χ2v) is 16.5. The Labute approximate surface area is 284 Å². The maximum atomic E-state index is 10.9. The molecular formula is C30H60O6S4Sn. The summed E-state index contributed by atoms with van der Waals surface area (Å²) < 4.78 is 7.63. The summed E-state index contributed by atoms with van der Waals surface area (Å²) in [5, 5.41) is 18.4. The van der Waals surface area contributed by atoms with E-state index in [0.29, 0.717) is 6.61 Å². The molecule has 0 radical (unpaired) electrons. The quantitative estimate of drug-likeness (QED) is 0.0311. The van der Waals surface area contributed by atoms with Gasteiger partial charge in [0.2, 0.25) is 0 Å². The molecule has 0 aliphatic heterocycles. The smallest absolute Gasteiger partial charge is 0.0510 e. The number of carbonyl (C=O) groups excluding carboxylic acids is 3. The summed E-state index contributed by atoms with van der Waals surface area (Å²) in [6, 6.07) is 0. The molecule has 0 aromatic carbocycles. The molecule has 41 heavy (non-hydrogen) atoms. The Morgan fingerprint density at radius 3 is 1.37 bits per heavy atom. The first-order valence-corrected chi connectivity index (χ1v) is 21.7. The molecule has 0 amide bonds. The van der Waals surface area contributed by atoms with E-state index in [2.05, 4.69) is 78.2 Å². The van der Waals surface area contributed by atoms with Gasteiger partial charge in [-0.25, -0.2) is 4.79 Å². The molecule has 244 valence electrons. The summed E-state index contributed by atoms with van der Waals surface area (Å²) in [7, 11) is 0. The molecule has 0 heterocycles. The van der Waals surface area contributed by atoms with Gasteiger partial charge in [0.05, 0.1) is 18.5 Å². The molecule has 0 saturated carbocycles. The monoisotopic (exact) mass is 764 g/mol. The van der Waals surface area contributed by atoms with Crippen LogP contribution < -0.4 is 10.2 Å². The number of hydrogen-bond donors (Lipinski definition) is 4. The summed E-state index contributed by atoms with van der Waals surface area (Å²) >= 11 is 14.5.